The van der Waals surface area contributed by atoms with Crippen molar-refractivity contribution >= 4 is 17.6 Å². The number of carbonyl (C=O) groups excluding carboxylic acids is 1. The molecule has 1 rings (SSSR count). The molecule has 1 aromatic rings. The smallest absolute Gasteiger partial charge is 0.338 e. The third kappa shape index (κ3) is 4.24. The summed E-state index contributed by atoms with van der Waals surface area (Å²) in [5.41, 5.74) is 0.372. The minimum Gasteiger partial charge on any atom is -0.492 e. The topological polar surface area (TPSA) is 55.8 Å². The average Bonchev–Trinajstić information content (AvgIpc) is 2.32. The van der Waals surface area contributed by atoms with Crippen molar-refractivity contribution in [3.63, 3.8) is 0 Å². The molecule has 0 amide bonds. The van der Waals surface area contributed by atoms with Crippen molar-refractivity contribution in [2.75, 3.05) is 19.8 Å². The molecule has 0 saturated heterocycles. The van der Waals surface area contributed by atoms with Crippen molar-refractivity contribution in [1.82, 2.24) is 0 Å². The van der Waals surface area contributed by atoms with E-state index in [1.165, 1.54) is 6.07 Å². The third-order valence-electron chi connectivity index (χ3n) is 2.00. The summed E-state index contributed by atoms with van der Waals surface area (Å²) in [5.74, 6) is 0.0875. The zero-order valence-corrected chi connectivity index (χ0v) is 10.4. The molecule has 0 unspecified atom stereocenters. The first kappa shape index (κ1) is 13.8. The van der Waals surface area contributed by atoms with Crippen LogP contribution in [0.15, 0.2) is 18.2 Å². The molecule has 0 heterocycles. The Bertz CT molecular complexity index is 379. The maximum absolute atomic E-state index is 11.5. The van der Waals surface area contributed by atoms with E-state index in [0.717, 1.165) is 0 Å². The molecule has 5 heteroatoms. The number of halogens is 1. The van der Waals surface area contributed by atoms with Crippen molar-refractivity contribution in [1.29, 1.82) is 0 Å². The fraction of sp³-hybridized carbons (Fsp3) is 0.417. The lowest BCUT2D eigenvalue weighted by molar-refractivity contribution is 0.0482. The number of benzene rings is 1. The second-order valence-electron chi connectivity index (χ2n) is 3.29. The van der Waals surface area contributed by atoms with Crippen LogP contribution in [0.25, 0.3) is 0 Å². The largest absolute Gasteiger partial charge is 0.492 e. The van der Waals surface area contributed by atoms with E-state index in [9.17, 15) is 4.79 Å². The van der Waals surface area contributed by atoms with E-state index in [2.05, 4.69) is 0 Å². The van der Waals surface area contributed by atoms with Gasteiger partial charge >= 0.3 is 5.97 Å². The van der Waals surface area contributed by atoms with Crippen LogP contribution in [0.4, 0.5) is 0 Å². The summed E-state index contributed by atoms with van der Waals surface area (Å²) < 4.78 is 10.2. The fourth-order valence-electron chi connectivity index (χ4n) is 1.21. The van der Waals surface area contributed by atoms with Gasteiger partial charge in [0.25, 0.3) is 0 Å². The van der Waals surface area contributed by atoms with Crippen LogP contribution in [0, 0.1) is 0 Å². The molecule has 4 nitrogen and oxygen atoms in total. The molecular weight excluding hydrogens is 244 g/mol. The predicted octanol–water partition coefficient (Wildman–Crippen LogP) is 2.28. The van der Waals surface area contributed by atoms with E-state index in [1.54, 1.807) is 12.1 Å². The normalized spacial score (nSPS) is 10.1. The van der Waals surface area contributed by atoms with Gasteiger partial charge in [-0.2, -0.15) is 0 Å². The highest BCUT2D eigenvalue weighted by Gasteiger charge is 2.10. The van der Waals surface area contributed by atoms with Crippen LogP contribution in [-0.2, 0) is 4.74 Å². The molecule has 0 atom stereocenters. The Morgan fingerprint density at radius 1 is 1.47 bits per heavy atom. The minimum absolute atomic E-state index is 0.00266. The molecule has 0 spiro atoms. The minimum atomic E-state index is -0.455. The first-order valence-corrected chi connectivity index (χ1v) is 5.77. The first-order chi connectivity index (χ1) is 8.19. The van der Waals surface area contributed by atoms with Gasteiger partial charge < -0.3 is 14.6 Å². The molecule has 0 radical (unpaired) electrons. The highest BCUT2D eigenvalue weighted by molar-refractivity contribution is 6.32. The van der Waals surface area contributed by atoms with Crippen LogP contribution < -0.4 is 4.74 Å². The van der Waals surface area contributed by atoms with Crippen molar-refractivity contribution < 1.29 is 19.4 Å². The molecule has 1 aromatic carbocycles. The van der Waals surface area contributed by atoms with Crippen LogP contribution in [-0.4, -0.2) is 30.9 Å². The molecule has 0 aromatic heterocycles. The summed E-state index contributed by atoms with van der Waals surface area (Å²) in [6.45, 7) is 2.56. The maximum Gasteiger partial charge on any atom is 0.338 e. The number of esters is 1. The molecular formula is C12H15ClO4. The highest BCUT2D eigenvalue weighted by Crippen LogP contribution is 2.25. The predicted molar refractivity (Wildman–Crippen MR) is 64.6 cm³/mol. The maximum atomic E-state index is 11.5. The Balaban J connectivity index is 2.65. The Hall–Kier alpha value is -1.26. The van der Waals surface area contributed by atoms with Crippen LogP contribution >= 0.6 is 11.6 Å². The summed E-state index contributed by atoms with van der Waals surface area (Å²) in [6, 6.07) is 4.74. The Kier molecular flexibility index (Phi) is 5.80. The number of aliphatic hydroxyl groups is 1. The molecule has 0 aliphatic heterocycles. The van der Waals surface area contributed by atoms with Gasteiger partial charge in [0.1, 0.15) is 5.75 Å². The second kappa shape index (κ2) is 7.14. The van der Waals surface area contributed by atoms with Crippen LogP contribution in [0.2, 0.25) is 5.02 Å². The van der Waals surface area contributed by atoms with E-state index in [4.69, 9.17) is 26.2 Å². The van der Waals surface area contributed by atoms with Gasteiger partial charge in [0.05, 0.1) is 23.8 Å². The molecule has 0 fully saturated rings. The Labute approximate surface area is 105 Å². The van der Waals surface area contributed by atoms with Gasteiger partial charge in [0, 0.05) is 13.0 Å². The van der Waals surface area contributed by atoms with E-state index in [0.29, 0.717) is 29.4 Å². The quantitative estimate of drug-likeness (QED) is 0.628. The molecule has 0 aliphatic rings. The number of hydrogen-bond donors (Lipinski definition) is 1. The number of ether oxygens (including phenoxy) is 2. The van der Waals surface area contributed by atoms with E-state index in [-0.39, 0.29) is 13.2 Å². The van der Waals surface area contributed by atoms with Crippen LogP contribution in [0.3, 0.4) is 0 Å². The highest BCUT2D eigenvalue weighted by atomic mass is 35.5. The third-order valence-corrected chi connectivity index (χ3v) is 2.30. The van der Waals surface area contributed by atoms with Gasteiger partial charge in [-0.05, 0) is 25.1 Å². The van der Waals surface area contributed by atoms with Gasteiger partial charge in [-0.3, -0.25) is 0 Å². The summed E-state index contributed by atoms with van der Waals surface area (Å²) in [6.07, 6.45) is 0.427. The van der Waals surface area contributed by atoms with E-state index >= 15 is 0 Å². The standard InChI is InChI=1S/C12H15ClO4/c1-2-16-11-5-4-9(8-10(11)13)12(15)17-7-3-6-14/h4-5,8,14H,2-3,6-7H2,1H3. The zero-order chi connectivity index (χ0) is 12.7. The van der Waals surface area contributed by atoms with Gasteiger partial charge in [-0.25, -0.2) is 4.79 Å². The Morgan fingerprint density at radius 3 is 2.82 bits per heavy atom. The summed E-state index contributed by atoms with van der Waals surface area (Å²) in [7, 11) is 0. The Morgan fingerprint density at radius 2 is 2.24 bits per heavy atom. The zero-order valence-electron chi connectivity index (χ0n) is 9.61. The lowest BCUT2D eigenvalue weighted by atomic mass is 10.2. The van der Waals surface area contributed by atoms with E-state index in [1.807, 2.05) is 6.92 Å². The lowest BCUT2D eigenvalue weighted by Crippen LogP contribution is -2.07. The molecule has 1 N–H and O–H groups in total. The van der Waals surface area contributed by atoms with E-state index < -0.39 is 5.97 Å². The number of aliphatic hydroxyl groups excluding tert-OH is 1. The van der Waals surface area contributed by atoms with Crippen LogP contribution in [0.5, 0.6) is 5.75 Å². The average molecular weight is 259 g/mol. The molecule has 0 saturated carbocycles. The number of carbonyl (C=O) groups is 1. The number of hydrogen-bond acceptors (Lipinski definition) is 4. The monoisotopic (exact) mass is 258 g/mol. The van der Waals surface area contributed by atoms with Crippen molar-refractivity contribution in [3.8, 4) is 5.75 Å². The second-order valence-corrected chi connectivity index (χ2v) is 3.70. The first-order valence-electron chi connectivity index (χ1n) is 5.39. The molecule has 17 heavy (non-hydrogen) atoms. The lowest BCUT2D eigenvalue weighted by Gasteiger charge is -2.07. The molecule has 0 aliphatic carbocycles. The van der Waals surface area contributed by atoms with Gasteiger partial charge in [-0.15, -0.1) is 0 Å². The molecule has 94 valence electrons. The summed E-state index contributed by atoms with van der Waals surface area (Å²) in [4.78, 5) is 11.5. The van der Waals surface area contributed by atoms with Gasteiger partial charge in [0.15, 0.2) is 0 Å². The summed E-state index contributed by atoms with van der Waals surface area (Å²) in [5, 5.41) is 8.94. The molecule has 0 bridgehead atoms. The summed E-state index contributed by atoms with van der Waals surface area (Å²) >= 11 is 5.94. The van der Waals surface area contributed by atoms with Gasteiger partial charge in [-0.1, -0.05) is 11.6 Å². The van der Waals surface area contributed by atoms with Crippen molar-refractivity contribution in [2.45, 2.75) is 13.3 Å². The number of rotatable bonds is 6. The van der Waals surface area contributed by atoms with Gasteiger partial charge in [0.2, 0.25) is 0 Å². The van der Waals surface area contributed by atoms with Crippen molar-refractivity contribution in [2.24, 2.45) is 0 Å². The SMILES string of the molecule is CCOc1ccc(C(=O)OCCCO)cc1Cl. The van der Waals surface area contributed by atoms with Crippen molar-refractivity contribution in [3.05, 3.63) is 28.8 Å². The fourth-order valence-corrected chi connectivity index (χ4v) is 1.45. The van der Waals surface area contributed by atoms with Crippen LogP contribution in [0.1, 0.15) is 23.7 Å².